The molecule has 0 aliphatic rings. The molecule has 0 fully saturated rings. The lowest BCUT2D eigenvalue weighted by Crippen LogP contribution is -2.19. The molecule has 98 valence electrons. The van der Waals surface area contributed by atoms with E-state index < -0.39 is 12.2 Å². The summed E-state index contributed by atoms with van der Waals surface area (Å²) in [5, 5.41) is 37.0. The maximum absolute atomic E-state index is 9.52. The van der Waals surface area contributed by atoms with Crippen LogP contribution in [0, 0.1) is 0 Å². The van der Waals surface area contributed by atoms with Gasteiger partial charge in [-0.15, -0.1) is 0 Å². The third-order valence-corrected chi connectivity index (χ3v) is 2.54. The number of rotatable bonds is 5. The summed E-state index contributed by atoms with van der Waals surface area (Å²) in [5.41, 5.74) is 1.16. The predicted molar refractivity (Wildman–Crippen MR) is 69.9 cm³/mol. The topological polar surface area (TPSA) is 80.9 Å². The van der Waals surface area contributed by atoms with Gasteiger partial charge >= 0.3 is 0 Å². The second kappa shape index (κ2) is 6.96. The average molecular weight is 250 g/mol. The lowest BCUT2D eigenvalue weighted by Gasteiger charge is -2.07. The van der Waals surface area contributed by atoms with Gasteiger partial charge in [-0.1, -0.05) is 36.4 Å². The van der Waals surface area contributed by atoms with Gasteiger partial charge in [0.1, 0.15) is 5.75 Å². The summed E-state index contributed by atoms with van der Waals surface area (Å²) in [7, 11) is 0. The molecule has 2 atom stereocenters. The molecule has 0 bridgehead atoms. The third kappa shape index (κ3) is 4.00. The Morgan fingerprint density at radius 2 is 1.94 bits per heavy atom. The zero-order chi connectivity index (χ0) is 13.5. The van der Waals surface area contributed by atoms with Crippen LogP contribution in [0.5, 0.6) is 5.75 Å². The van der Waals surface area contributed by atoms with Crippen molar-refractivity contribution in [3.8, 4) is 5.75 Å². The summed E-state index contributed by atoms with van der Waals surface area (Å²) >= 11 is 0. The normalized spacial score (nSPS) is 15.3. The van der Waals surface area contributed by atoms with Crippen molar-refractivity contribution >= 4 is 6.08 Å². The summed E-state index contributed by atoms with van der Waals surface area (Å²) in [6.45, 7) is 1.25. The first-order valence-corrected chi connectivity index (χ1v) is 5.69. The van der Waals surface area contributed by atoms with E-state index in [-0.39, 0.29) is 12.4 Å². The highest BCUT2D eigenvalue weighted by Gasteiger charge is 2.05. The van der Waals surface area contributed by atoms with E-state index in [0.29, 0.717) is 11.1 Å². The van der Waals surface area contributed by atoms with Crippen molar-refractivity contribution in [3.63, 3.8) is 0 Å². The molecular formula is C14H18O4. The van der Waals surface area contributed by atoms with Gasteiger partial charge in [-0.2, -0.15) is 0 Å². The fourth-order valence-electron chi connectivity index (χ4n) is 1.42. The van der Waals surface area contributed by atoms with Crippen LogP contribution in [-0.2, 0) is 6.61 Å². The van der Waals surface area contributed by atoms with E-state index in [1.807, 2.05) is 0 Å². The van der Waals surface area contributed by atoms with Crippen LogP contribution in [0.3, 0.4) is 0 Å². The monoisotopic (exact) mass is 250 g/mol. The van der Waals surface area contributed by atoms with Gasteiger partial charge in [0.15, 0.2) is 0 Å². The first-order chi connectivity index (χ1) is 8.56. The Kier molecular flexibility index (Phi) is 5.58. The lowest BCUT2D eigenvalue weighted by atomic mass is 10.1. The van der Waals surface area contributed by atoms with Crippen molar-refractivity contribution in [2.24, 2.45) is 0 Å². The molecule has 0 unspecified atom stereocenters. The molecule has 0 aliphatic heterocycles. The van der Waals surface area contributed by atoms with Crippen molar-refractivity contribution in [1.29, 1.82) is 0 Å². The maximum atomic E-state index is 9.52. The van der Waals surface area contributed by atoms with Crippen molar-refractivity contribution in [2.45, 2.75) is 25.7 Å². The Morgan fingerprint density at radius 3 is 2.56 bits per heavy atom. The number of aromatic hydroxyl groups is 1. The summed E-state index contributed by atoms with van der Waals surface area (Å²) in [5.74, 6) is 0.0487. The summed E-state index contributed by atoms with van der Waals surface area (Å²) in [4.78, 5) is 0. The fourth-order valence-corrected chi connectivity index (χ4v) is 1.42. The van der Waals surface area contributed by atoms with Gasteiger partial charge in [-0.3, -0.25) is 0 Å². The molecule has 4 nitrogen and oxygen atoms in total. The van der Waals surface area contributed by atoms with Crippen LogP contribution in [0.2, 0.25) is 0 Å². The average Bonchev–Trinajstić information content (AvgIpc) is 2.34. The number of aliphatic hydroxyl groups excluding tert-OH is 3. The van der Waals surface area contributed by atoms with Gasteiger partial charge in [0.05, 0.1) is 18.8 Å². The van der Waals surface area contributed by atoms with Crippen LogP contribution in [0.15, 0.2) is 36.4 Å². The van der Waals surface area contributed by atoms with Gasteiger partial charge in [0.2, 0.25) is 0 Å². The molecule has 4 heteroatoms. The molecule has 0 aromatic heterocycles. The summed E-state index contributed by atoms with van der Waals surface area (Å²) < 4.78 is 0. The maximum Gasteiger partial charge on any atom is 0.121 e. The quantitative estimate of drug-likeness (QED) is 0.592. The molecule has 1 aromatic carbocycles. The van der Waals surface area contributed by atoms with Gasteiger partial charge < -0.3 is 20.4 Å². The fraction of sp³-hybridized carbons (Fsp3) is 0.286. The van der Waals surface area contributed by atoms with Gasteiger partial charge in [-0.05, 0) is 18.6 Å². The Labute approximate surface area is 106 Å². The number of benzene rings is 1. The first-order valence-electron chi connectivity index (χ1n) is 5.69. The van der Waals surface area contributed by atoms with Crippen LogP contribution in [0.4, 0.5) is 0 Å². The Bertz CT molecular complexity index is 435. The molecule has 0 radical (unpaired) electrons. The Hall–Kier alpha value is -1.62. The number of hydrogen-bond donors (Lipinski definition) is 4. The number of allylic oxidation sites excluding steroid dienone is 2. The molecule has 1 rings (SSSR count). The standard InChI is InChI=1S/C14H18O4/c1-10(16)13(17)7-3-2-5-11-6-4-8-14(18)12(11)9-15/h2-8,10,13,15-18H,9H2,1H3/b5-2+,7-3+/t10-,13+/m0/s1. The van der Waals surface area contributed by atoms with E-state index in [9.17, 15) is 10.2 Å². The van der Waals surface area contributed by atoms with Crippen LogP contribution >= 0.6 is 0 Å². The number of aliphatic hydroxyl groups is 3. The first kappa shape index (κ1) is 14.4. The largest absolute Gasteiger partial charge is 0.508 e. The molecule has 0 saturated carbocycles. The third-order valence-electron chi connectivity index (χ3n) is 2.54. The molecular weight excluding hydrogens is 232 g/mol. The summed E-state index contributed by atoms with van der Waals surface area (Å²) in [6.07, 6.45) is 4.71. The number of hydrogen-bond acceptors (Lipinski definition) is 4. The second-order valence-corrected chi connectivity index (χ2v) is 3.98. The zero-order valence-corrected chi connectivity index (χ0v) is 10.2. The molecule has 4 N–H and O–H groups in total. The van der Waals surface area contributed by atoms with Crippen molar-refractivity contribution < 1.29 is 20.4 Å². The van der Waals surface area contributed by atoms with E-state index in [2.05, 4.69) is 0 Å². The van der Waals surface area contributed by atoms with Crippen LogP contribution in [0.1, 0.15) is 18.1 Å². The van der Waals surface area contributed by atoms with Crippen molar-refractivity contribution in [1.82, 2.24) is 0 Å². The SMILES string of the molecule is C[C@H](O)[C@H](O)/C=C/C=C/c1cccc(O)c1CO. The molecule has 0 amide bonds. The summed E-state index contributed by atoms with van der Waals surface area (Å²) in [6, 6.07) is 4.96. The molecule has 0 heterocycles. The molecule has 0 aliphatic carbocycles. The lowest BCUT2D eigenvalue weighted by molar-refractivity contribution is 0.0619. The molecule has 1 aromatic rings. The predicted octanol–water partition coefficient (Wildman–Crippen LogP) is 1.20. The second-order valence-electron chi connectivity index (χ2n) is 3.98. The van der Waals surface area contributed by atoms with E-state index in [4.69, 9.17) is 10.2 Å². The highest BCUT2D eigenvalue weighted by atomic mass is 16.3. The van der Waals surface area contributed by atoms with Gasteiger partial charge in [0, 0.05) is 5.56 Å². The molecule has 0 spiro atoms. The van der Waals surface area contributed by atoms with Gasteiger partial charge in [-0.25, -0.2) is 0 Å². The van der Waals surface area contributed by atoms with E-state index in [0.717, 1.165) is 0 Å². The van der Waals surface area contributed by atoms with Crippen LogP contribution in [0.25, 0.3) is 6.08 Å². The van der Waals surface area contributed by atoms with E-state index >= 15 is 0 Å². The minimum absolute atomic E-state index is 0.0487. The van der Waals surface area contributed by atoms with Gasteiger partial charge in [0.25, 0.3) is 0 Å². The zero-order valence-electron chi connectivity index (χ0n) is 10.2. The van der Waals surface area contributed by atoms with E-state index in [1.165, 1.54) is 19.1 Å². The number of phenols is 1. The van der Waals surface area contributed by atoms with Crippen LogP contribution < -0.4 is 0 Å². The highest BCUT2D eigenvalue weighted by Crippen LogP contribution is 2.21. The Balaban J connectivity index is 2.76. The molecule has 0 saturated heterocycles. The van der Waals surface area contributed by atoms with E-state index in [1.54, 1.807) is 30.4 Å². The molecule has 18 heavy (non-hydrogen) atoms. The van der Waals surface area contributed by atoms with Crippen LogP contribution in [-0.4, -0.2) is 32.6 Å². The highest BCUT2D eigenvalue weighted by molar-refractivity contribution is 5.58. The minimum Gasteiger partial charge on any atom is -0.508 e. The minimum atomic E-state index is -0.906. The van der Waals surface area contributed by atoms with Crippen molar-refractivity contribution in [3.05, 3.63) is 47.6 Å². The Morgan fingerprint density at radius 1 is 1.22 bits per heavy atom. The van der Waals surface area contributed by atoms with Crippen molar-refractivity contribution in [2.75, 3.05) is 0 Å². The smallest absolute Gasteiger partial charge is 0.121 e.